The van der Waals surface area contributed by atoms with Crippen LogP contribution in [0.2, 0.25) is 0 Å². The second kappa shape index (κ2) is 6.30. The molecule has 2 heterocycles. The summed E-state index contributed by atoms with van der Waals surface area (Å²) in [5.41, 5.74) is 1.46. The number of fused-ring (bicyclic) bond motifs is 2. The summed E-state index contributed by atoms with van der Waals surface area (Å²) in [4.78, 5) is 27.5. The molecule has 0 radical (unpaired) electrons. The second-order valence-corrected chi connectivity index (χ2v) is 6.15. The minimum absolute atomic E-state index is 0.192. The summed E-state index contributed by atoms with van der Waals surface area (Å²) in [7, 11) is 1.30. The minimum Gasteiger partial charge on any atom is -0.465 e. The van der Waals surface area contributed by atoms with Crippen molar-refractivity contribution in [2.75, 3.05) is 13.9 Å². The van der Waals surface area contributed by atoms with Gasteiger partial charge in [0.1, 0.15) is 0 Å². The third kappa shape index (κ3) is 2.74. The number of carbonyl (C=O) groups is 1. The van der Waals surface area contributed by atoms with Gasteiger partial charge >= 0.3 is 5.97 Å². The highest BCUT2D eigenvalue weighted by Gasteiger charge is 2.15. The molecule has 0 bridgehead atoms. The van der Waals surface area contributed by atoms with E-state index in [-0.39, 0.29) is 17.1 Å². The number of hydrogen-bond donors (Lipinski definition) is 1. The molecule has 4 rings (SSSR count). The van der Waals surface area contributed by atoms with Crippen LogP contribution < -0.4 is 15.0 Å². The molecule has 1 N–H and O–H groups in total. The van der Waals surface area contributed by atoms with E-state index in [4.69, 9.17) is 26.4 Å². The lowest BCUT2D eigenvalue weighted by molar-refractivity contribution is 0.0601. The Labute approximate surface area is 152 Å². The number of methoxy groups -OCH3 is 1. The van der Waals surface area contributed by atoms with Gasteiger partial charge in [-0.3, -0.25) is 9.36 Å². The zero-order valence-corrected chi connectivity index (χ0v) is 14.6. The van der Waals surface area contributed by atoms with Crippen LogP contribution in [-0.4, -0.2) is 29.4 Å². The molecule has 0 aliphatic carbocycles. The van der Waals surface area contributed by atoms with Crippen molar-refractivity contribution in [3.63, 3.8) is 0 Å². The number of ether oxygens (including phenoxy) is 3. The van der Waals surface area contributed by atoms with Crippen LogP contribution in [0.25, 0.3) is 10.9 Å². The summed E-state index contributed by atoms with van der Waals surface area (Å²) in [6.07, 6.45) is 0. The molecule has 132 valence electrons. The standard InChI is InChI=1S/C18H14N2O5S/c1-23-17(22)11-3-4-12-13(7-11)19-18(26)20(16(12)21)8-10-2-5-14-15(6-10)25-9-24-14/h2-7H,8-9H2,1H3,(H,19,26). The van der Waals surface area contributed by atoms with Crippen LogP contribution in [0.5, 0.6) is 11.5 Å². The number of carbonyl (C=O) groups excluding carboxylic acids is 1. The Balaban J connectivity index is 1.77. The average Bonchev–Trinajstić information content (AvgIpc) is 3.11. The normalized spacial score (nSPS) is 12.3. The van der Waals surface area contributed by atoms with Crippen LogP contribution in [0.4, 0.5) is 0 Å². The van der Waals surface area contributed by atoms with E-state index in [1.54, 1.807) is 24.3 Å². The third-order valence-corrected chi connectivity index (χ3v) is 4.50. The van der Waals surface area contributed by atoms with Gasteiger partial charge in [-0.1, -0.05) is 6.07 Å². The third-order valence-electron chi connectivity index (χ3n) is 4.18. The van der Waals surface area contributed by atoms with E-state index in [1.165, 1.54) is 11.7 Å². The fourth-order valence-electron chi connectivity index (χ4n) is 2.86. The molecule has 0 atom stereocenters. The fraction of sp³-hybridized carbons (Fsp3) is 0.167. The number of benzene rings is 2. The molecule has 7 nitrogen and oxygen atoms in total. The van der Waals surface area contributed by atoms with Crippen LogP contribution >= 0.6 is 12.2 Å². The molecule has 1 aromatic heterocycles. The monoisotopic (exact) mass is 370 g/mol. The lowest BCUT2D eigenvalue weighted by Crippen LogP contribution is -2.23. The molecule has 0 spiro atoms. The van der Waals surface area contributed by atoms with Crippen molar-refractivity contribution in [3.8, 4) is 11.5 Å². The molecule has 2 aromatic carbocycles. The van der Waals surface area contributed by atoms with E-state index in [0.29, 0.717) is 34.5 Å². The van der Waals surface area contributed by atoms with Crippen LogP contribution in [0.3, 0.4) is 0 Å². The minimum atomic E-state index is -0.476. The SMILES string of the molecule is COC(=O)c1ccc2c(=O)n(Cc3ccc4c(c3)OCO4)c(=S)[nH]c2c1. The van der Waals surface area contributed by atoms with Crippen LogP contribution in [0.15, 0.2) is 41.2 Å². The van der Waals surface area contributed by atoms with E-state index in [9.17, 15) is 9.59 Å². The number of aromatic amines is 1. The number of H-pyrrole nitrogens is 1. The zero-order chi connectivity index (χ0) is 18.3. The van der Waals surface area contributed by atoms with E-state index in [2.05, 4.69) is 4.98 Å². The molecular weight excluding hydrogens is 356 g/mol. The number of nitrogens with one attached hydrogen (secondary N) is 1. The number of hydrogen-bond acceptors (Lipinski definition) is 6. The van der Waals surface area contributed by atoms with Crippen molar-refractivity contribution in [1.29, 1.82) is 0 Å². The Morgan fingerprint density at radius 2 is 2.04 bits per heavy atom. The Morgan fingerprint density at radius 1 is 1.23 bits per heavy atom. The highest BCUT2D eigenvalue weighted by molar-refractivity contribution is 7.71. The van der Waals surface area contributed by atoms with Gasteiger partial charge in [0.2, 0.25) is 6.79 Å². The van der Waals surface area contributed by atoms with Gasteiger partial charge in [0, 0.05) is 0 Å². The predicted molar refractivity (Wildman–Crippen MR) is 96.4 cm³/mol. The van der Waals surface area contributed by atoms with E-state index < -0.39 is 5.97 Å². The molecule has 0 fully saturated rings. The molecular formula is C18H14N2O5S. The van der Waals surface area contributed by atoms with E-state index >= 15 is 0 Å². The molecule has 0 saturated carbocycles. The molecule has 0 unspecified atom stereocenters. The van der Waals surface area contributed by atoms with Crippen molar-refractivity contribution >= 4 is 29.1 Å². The Hall–Kier alpha value is -3.13. The van der Waals surface area contributed by atoms with Gasteiger partial charge in [-0.15, -0.1) is 0 Å². The molecule has 0 saturated heterocycles. The van der Waals surface area contributed by atoms with Gasteiger partial charge in [-0.05, 0) is 48.1 Å². The molecule has 26 heavy (non-hydrogen) atoms. The first-order valence-corrected chi connectivity index (χ1v) is 8.21. The summed E-state index contributed by atoms with van der Waals surface area (Å²) in [6, 6.07) is 10.2. The Morgan fingerprint density at radius 3 is 2.85 bits per heavy atom. The first kappa shape index (κ1) is 16.3. The van der Waals surface area contributed by atoms with Crippen molar-refractivity contribution in [2.45, 2.75) is 6.54 Å². The summed E-state index contributed by atoms with van der Waals surface area (Å²) >= 11 is 5.34. The van der Waals surface area contributed by atoms with E-state index in [0.717, 1.165) is 5.56 Å². The topological polar surface area (TPSA) is 82.6 Å². The maximum Gasteiger partial charge on any atom is 0.337 e. The van der Waals surface area contributed by atoms with Gasteiger partial charge in [-0.2, -0.15) is 0 Å². The van der Waals surface area contributed by atoms with Crippen LogP contribution in [0.1, 0.15) is 15.9 Å². The van der Waals surface area contributed by atoms with Gasteiger partial charge in [0.05, 0.1) is 30.1 Å². The predicted octanol–water partition coefficient (Wildman–Crippen LogP) is 2.62. The Kier molecular flexibility index (Phi) is 3.96. The highest BCUT2D eigenvalue weighted by Crippen LogP contribution is 2.32. The van der Waals surface area contributed by atoms with Crippen molar-refractivity contribution in [2.24, 2.45) is 0 Å². The summed E-state index contributed by atoms with van der Waals surface area (Å²) in [6.45, 7) is 0.483. The Bertz CT molecular complexity index is 1150. The zero-order valence-electron chi connectivity index (χ0n) is 13.8. The summed E-state index contributed by atoms with van der Waals surface area (Å²) in [5.74, 6) is 0.852. The van der Waals surface area contributed by atoms with Crippen molar-refractivity contribution in [3.05, 3.63) is 62.6 Å². The molecule has 1 aliphatic heterocycles. The average molecular weight is 370 g/mol. The maximum atomic E-state index is 12.8. The second-order valence-electron chi connectivity index (χ2n) is 5.76. The quantitative estimate of drug-likeness (QED) is 0.564. The van der Waals surface area contributed by atoms with E-state index in [1.807, 2.05) is 12.1 Å². The molecule has 3 aromatic rings. The van der Waals surface area contributed by atoms with Crippen LogP contribution in [-0.2, 0) is 11.3 Å². The smallest absolute Gasteiger partial charge is 0.337 e. The van der Waals surface area contributed by atoms with Crippen molar-refractivity contribution < 1.29 is 19.0 Å². The van der Waals surface area contributed by atoms with Gasteiger partial charge in [-0.25, -0.2) is 4.79 Å². The maximum absolute atomic E-state index is 12.8. The van der Waals surface area contributed by atoms with Gasteiger partial charge in [0.25, 0.3) is 5.56 Å². The summed E-state index contributed by atoms with van der Waals surface area (Å²) < 4.78 is 17.1. The van der Waals surface area contributed by atoms with Crippen molar-refractivity contribution in [1.82, 2.24) is 9.55 Å². The highest BCUT2D eigenvalue weighted by atomic mass is 32.1. The first-order valence-electron chi connectivity index (χ1n) is 7.80. The fourth-order valence-corrected chi connectivity index (χ4v) is 3.12. The number of aromatic nitrogens is 2. The lowest BCUT2D eigenvalue weighted by Gasteiger charge is -2.09. The molecule has 0 amide bonds. The van der Waals surface area contributed by atoms with Gasteiger partial charge in [0.15, 0.2) is 16.3 Å². The number of rotatable bonds is 3. The molecule has 1 aliphatic rings. The largest absolute Gasteiger partial charge is 0.465 e. The first-order chi connectivity index (χ1) is 12.6. The molecule has 8 heteroatoms. The number of esters is 1. The van der Waals surface area contributed by atoms with Gasteiger partial charge < -0.3 is 19.2 Å². The lowest BCUT2D eigenvalue weighted by atomic mass is 10.1. The van der Waals surface area contributed by atoms with Crippen LogP contribution in [0, 0.1) is 4.77 Å². The number of nitrogens with zero attached hydrogens (tertiary/aromatic N) is 1. The summed E-state index contributed by atoms with van der Waals surface area (Å²) in [5, 5.41) is 0.437.